The van der Waals surface area contributed by atoms with Crippen molar-refractivity contribution in [3.63, 3.8) is 0 Å². The molecule has 8 heteroatoms. The van der Waals surface area contributed by atoms with Crippen LogP contribution in [0, 0.1) is 12.8 Å². The molecule has 1 aliphatic heterocycles. The Labute approximate surface area is 164 Å². The number of amides is 1. The zero-order valence-electron chi connectivity index (χ0n) is 16.6. The lowest BCUT2D eigenvalue weighted by molar-refractivity contribution is -0.151. The van der Waals surface area contributed by atoms with E-state index in [1.165, 1.54) is 22.4 Å². The van der Waals surface area contributed by atoms with Crippen molar-refractivity contribution in [2.24, 2.45) is 13.0 Å². The molecule has 0 N–H and O–H groups in total. The summed E-state index contributed by atoms with van der Waals surface area (Å²) in [5.41, 5.74) is 0.529. The molecule has 0 aromatic carbocycles. The molecule has 1 aliphatic rings. The van der Waals surface area contributed by atoms with Gasteiger partial charge in [0.2, 0.25) is 5.91 Å². The standard InChI is InChI=1S/C19H29N3O4S/c1-5-7-15(27-19-20-13(3)12-16(23)21(19)4)17(24)22-10-8-14(9-11-22)18(25)26-6-2/h12,14-15H,5-11H2,1-4H3. The molecular weight excluding hydrogens is 366 g/mol. The van der Waals surface area contributed by atoms with E-state index in [4.69, 9.17) is 4.74 Å². The molecule has 1 fully saturated rings. The number of thioether (sulfide) groups is 1. The highest BCUT2D eigenvalue weighted by Gasteiger charge is 2.32. The lowest BCUT2D eigenvalue weighted by Crippen LogP contribution is -2.44. The molecule has 1 amide bonds. The number of carbonyl (C=O) groups is 2. The molecule has 1 aromatic rings. The van der Waals surface area contributed by atoms with Gasteiger partial charge in [-0.05, 0) is 33.1 Å². The number of aromatic nitrogens is 2. The number of esters is 1. The maximum absolute atomic E-state index is 13.0. The van der Waals surface area contributed by atoms with Gasteiger partial charge in [0.15, 0.2) is 5.16 Å². The molecule has 0 bridgehead atoms. The number of nitrogens with zero attached hydrogens (tertiary/aromatic N) is 3. The summed E-state index contributed by atoms with van der Waals surface area (Å²) in [6, 6.07) is 1.49. The van der Waals surface area contributed by atoms with E-state index in [1.54, 1.807) is 20.9 Å². The summed E-state index contributed by atoms with van der Waals surface area (Å²) in [5.74, 6) is -0.228. The molecule has 1 aromatic heterocycles. The fourth-order valence-corrected chi connectivity index (χ4v) is 4.46. The third kappa shape index (κ3) is 5.57. The van der Waals surface area contributed by atoms with E-state index in [0.717, 1.165) is 6.42 Å². The van der Waals surface area contributed by atoms with Gasteiger partial charge in [-0.15, -0.1) is 0 Å². The van der Waals surface area contributed by atoms with Gasteiger partial charge in [-0.1, -0.05) is 25.1 Å². The van der Waals surface area contributed by atoms with Gasteiger partial charge in [0.1, 0.15) is 0 Å². The Morgan fingerprint density at radius 2 is 2.00 bits per heavy atom. The number of likely N-dealkylation sites (tertiary alicyclic amines) is 1. The third-order valence-electron chi connectivity index (χ3n) is 4.72. The minimum Gasteiger partial charge on any atom is -0.466 e. The van der Waals surface area contributed by atoms with Crippen LogP contribution in [0.1, 0.15) is 45.2 Å². The van der Waals surface area contributed by atoms with Crippen molar-refractivity contribution in [3.8, 4) is 0 Å². The van der Waals surface area contributed by atoms with Crippen LogP contribution in [0.2, 0.25) is 0 Å². The molecule has 27 heavy (non-hydrogen) atoms. The molecule has 150 valence electrons. The fourth-order valence-electron chi connectivity index (χ4n) is 3.15. The first-order chi connectivity index (χ1) is 12.9. The second kappa shape index (κ2) is 9.92. The summed E-state index contributed by atoms with van der Waals surface area (Å²) in [6.07, 6.45) is 2.85. The largest absolute Gasteiger partial charge is 0.466 e. The van der Waals surface area contributed by atoms with E-state index < -0.39 is 0 Å². The number of aryl methyl sites for hydroxylation is 1. The number of ether oxygens (including phenoxy) is 1. The summed E-state index contributed by atoms with van der Waals surface area (Å²) in [4.78, 5) is 43.2. The molecule has 0 spiro atoms. The van der Waals surface area contributed by atoms with Crippen molar-refractivity contribution in [1.29, 1.82) is 0 Å². The second-order valence-electron chi connectivity index (χ2n) is 6.82. The minimum absolute atomic E-state index is 0.0555. The predicted molar refractivity (Wildman–Crippen MR) is 105 cm³/mol. The number of hydrogen-bond acceptors (Lipinski definition) is 6. The zero-order chi connectivity index (χ0) is 20.0. The average Bonchev–Trinajstić information content (AvgIpc) is 2.65. The van der Waals surface area contributed by atoms with Crippen LogP contribution in [-0.4, -0.2) is 51.3 Å². The Bertz CT molecular complexity index is 726. The highest BCUT2D eigenvalue weighted by atomic mass is 32.2. The SMILES string of the molecule is CCCC(Sc1nc(C)cc(=O)n1C)C(=O)N1CCC(C(=O)OCC)CC1. The smallest absolute Gasteiger partial charge is 0.309 e. The lowest BCUT2D eigenvalue weighted by Gasteiger charge is -2.33. The molecule has 2 rings (SSSR count). The fraction of sp³-hybridized carbons (Fsp3) is 0.684. The van der Waals surface area contributed by atoms with E-state index in [0.29, 0.717) is 49.8 Å². The van der Waals surface area contributed by atoms with E-state index in [9.17, 15) is 14.4 Å². The molecule has 2 heterocycles. The van der Waals surface area contributed by atoms with Crippen LogP contribution in [0.5, 0.6) is 0 Å². The van der Waals surface area contributed by atoms with Gasteiger partial charge < -0.3 is 9.64 Å². The van der Waals surface area contributed by atoms with Gasteiger partial charge in [0, 0.05) is 31.9 Å². The Hall–Kier alpha value is -1.83. The first-order valence-corrected chi connectivity index (χ1v) is 10.4. The quantitative estimate of drug-likeness (QED) is 0.400. The Kier molecular flexibility index (Phi) is 7.89. The number of rotatable bonds is 7. The van der Waals surface area contributed by atoms with E-state index in [-0.39, 0.29) is 28.6 Å². The third-order valence-corrected chi connectivity index (χ3v) is 6.02. The highest BCUT2D eigenvalue weighted by Crippen LogP contribution is 2.28. The van der Waals surface area contributed by atoms with Gasteiger partial charge in [-0.3, -0.25) is 19.0 Å². The van der Waals surface area contributed by atoms with Gasteiger partial charge in [-0.2, -0.15) is 0 Å². The van der Waals surface area contributed by atoms with Crippen molar-refractivity contribution >= 4 is 23.6 Å². The topological polar surface area (TPSA) is 81.5 Å². The first kappa shape index (κ1) is 21.5. The van der Waals surface area contributed by atoms with Crippen LogP contribution in [0.15, 0.2) is 16.0 Å². The van der Waals surface area contributed by atoms with Crippen molar-refractivity contribution in [1.82, 2.24) is 14.5 Å². The molecular formula is C19H29N3O4S. The molecule has 7 nitrogen and oxygen atoms in total. The summed E-state index contributed by atoms with van der Waals surface area (Å²) in [7, 11) is 1.68. The van der Waals surface area contributed by atoms with Crippen LogP contribution in [0.25, 0.3) is 0 Å². The van der Waals surface area contributed by atoms with Crippen molar-refractivity contribution in [3.05, 3.63) is 22.1 Å². The minimum atomic E-state index is -0.283. The van der Waals surface area contributed by atoms with Crippen LogP contribution in [0.4, 0.5) is 0 Å². The maximum atomic E-state index is 13.0. The van der Waals surface area contributed by atoms with E-state index >= 15 is 0 Å². The van der Waals surface area contributed by atoms with Gasteiger partial charge >= 0.3 is 5.97 Å². The molecule has 1 unspecified atom stereocenters. The molecule has 1 saturated heterocycles. The van der Waals surface area contributed by atoms with Crippen LogP contribution < -0.4 is 5.56 Å². The number of piperidine rings is 1. The second-order valence-corrected chi connectivity index (χ2v) is 7.99. The summed E-state index contributed by atoms with van der Waals surface area (Å²) >= 11 is 1.35. The van der Waals surface area contributed by atoms with E-state index in [2.05, 4.69) is 4.98 Å². The molecule has 1 atom stereocenters. The number of hydrogen-bond donors (Lipinski definition) is 0. The van der Waals surface area contributed by atoms with Gasteiger partial charge in [0.05, 0.1) is 17.8 Å². The highest BCUT2D eigenvalue weighted by molar-refractivity contribution is 8.00. The maximum Gasteiger partial charge on any atom is 0.309 e. The Morgan fingerprint density at radius 1 is 1.33 bits per heavy atom. The van der Waals surface area contributed by atoms with Crippen LogP contribution >= 0.6 is 11.8 Å². The van der Waals surface area contributed by atoms with Crippen molar-refractivity contribution < 1.29 is 14.3 Å². The van der Waals surface area contributed by atoms with Crippen LogP contribution in [0.3, 0.4) is 0 Å². The molecule has 0 radical (unpaired) electrons. The van der Waals surface area contributed by atoms with Crippen molar-refractivity contribution in [2.75, 3.05) is 19.7 Å². The first-order valence-electron chi connectivity index (χ1n) is 9.54. The van der Waals surface area contributed by atoms with Gasteiger partial charge in [-0.25, -0.2) is 4.98 Å². The average molecular weight is 396 g/mol. The molecule has 0 aliphatic carbocycles. The monoisotopic (exact) mass is 395 g/mol. The Morgan fingerprint density at radius 3 is 2.59 bits per heavy atom. The zero-order valence-corrected chi connectivity index (χ0v) is 17.4. The van der Waals surface area contributed by atoms with E-state index in [1.807, 2.05) is 11.8 Å². The summed E-state index contributed by atoms with van der Waals surface area (Å²) in [6.45, 7) is 7.12. The predicted octanol–water partition coefficient (Wildman–Crippen LogP) is 2.15. The van der Waals surface area contributed by atoms with Gasteiger partial charge in [0.25, 0.3) is 5.56 Å². The molecule has 0 saturated carbocycles. The normalized spacial score (nSPS) is 16.2. The summed E-state index contributed by atoms with van der Waals surface area (Å²) in [5, 5.41) is 0.280. The van der Waals surface area contributed by atoms with Crippen molar-refractivity contribution in [2.45, 2.75) is 56.9 Å². The lowest BCUT2D eigenvalue weighted by atomic mass is 9.96. The van der Waals surface area contributed by atoms with Crippen LogP contribution in [-0.2, 0) is 21.4 Å². The Balaban J connectivity index is 2.06. The number of carbonyl (C=O) groups excluding carboxylic acids is 2. The summed E-state index contributed by atoms with van der Waals surface area (Å²) < 4.78 is 6.58.